The maximum Gasteiger partial charge on any atom is 0.416 e. The fraction of sp³-hybridized carbons (Fsp3) is 0.286. The van der Waals surface area contributed by atoms with Gasteiger partial charge in [-0.3, -0.25) is 13.9 Å². The highest BCUT2D eigenvalue weighted by atomic mass is 35.5. The largest absolute Gasteiger partial charge is 0.416 e. The fourth-order valence-electron chi connectivity index (χ4n) is 4.11. The standard InChI is InChI=1S/C28H29ClF3N3O4S/c1-3-25(27(37)33-4-2)34(18-20-11-8-9-16-24(20)29)26(36)19-35(40(38,39)23-14-6-5-7-15-23)22-13-10-12-21(17-22)28(30,31)32/h5-17,25H,3-4,18-19H2,1-2H3,(H,33,37)/t25-/m0/s1. The Morgan fingerprint density at radius 1 is 0.950 bits per heavy atom. The summed E-state index contributed by atoms with van der Waals surface area (Å²) in [4.78, 5) is 27.8. The first-order valence-corrected chi connectivity index (χ1v) is 14.3. The number of rotatable bonds is 11. The lowest BCUT2D eigenvalue weighted by atomic mass is 10.1. The van der Waals surface area contributed by atoms with Crippen molar-refractivity contribution >= 4 is 39.1 Å². The van der Waals surface area contributed by atoms with E-state index in [1.54, 1.807) is 44.2 Å². The van der Waals surface area contributed by atoms with Gasteiger partial charge in [-0.15, -0.1) is 0 Å². The van der Waals surface area contributed by atoms with Crippen LogP contribution in [-0.2, 0) is 32.3 Å². The molecule has 1 N–H and O–H groups in total. The minimum atomic E-state index is -4.75. The molecule has 214 valence electrons. The van der Waals surface area contributed by atoms with Gasteiger partial charge in [0, 0.05) is 18.1 Å². The van der Waals surface area contributed by atoms with Gasteiger partial charge in [-0.05, 0) is 55.3 Å². The van der Waals surface area contributed by atoms with E-state index in [2.05, 4.69) is 5.32 Å². The highest BCUT2D eigenvalue weighted by molar-refractivity contribution is 7.92. The van der Waals surface area contributed by atoms with Crippen molar-refractivity contribution in [1.29, 1.82) is 0 Å². The topological polar surface area (TPSA) is 86.8 Å². The van der Waals surface area contributed by atoms with Gasteiger partial charge < -0.3 is 10.2 Å². The number of amides is 2. The number of hydrogen-bond donors (Lipinski definition) is 1. The van der Waals surface area contributed by atoms with Gasteiger partial charge in [-0.2, -0.15) is 13.2 Å². The van der Waals surface area contributed by atoms with Crippen molar-refractivity contribution < 1.29 is 31.2 Å². The molecule has 0 radical (unpaired) electrons. The first kappa shape index (κ1) is 31.0. The molecule has 0 spiro atoms. The van der Waals surface area contributed by atoms with Crippen molar-refractivity contribution in [1.82, 2.24) is 10.2 Å². The molecule has 3 aromatic rings. The van der Waals surface area contributed by atoms with Crippen LogP contribution >= 0.6 is 11.6 Å². The molecule has 12 heteroatoms. The lowest BCUT2D eigenvalue weighted by Gasteiger charge is -2.33. The third kappa shape index (κ3) is 7.33. The predicted octanol–water partition coefficient (Wildman–Crippen LogP) is 5.50. The number of benzene rings is 3. The van der Waals surface area contributed by atoms with Gasteiger partial charge in [-0.25, -0.2) is 8.42 Å². The number of nitrogens with one attached hydrogen (secondary N) is 1. The molecule has 3 rings (SSSR count). The summed E-state index contributed by atoms with van der Waals surface area (Å²) < 4.78 is 68.7. The lowest BCUT2D eigenvalue weighted by Crippen LogP contribution is -2.52. The molecule has 0 heterocycles. The summed E-state index contributed by atoms with van der Waals surface area (Å²) in [7, 11) is -4.50. The Bertz CT molecular complexity index is 1440. The van der Waals surface area contributed by atoms with Crippen molar-refractivity contribution in [3.8, 4) is 0 Å². The molecule has 0 aromatic heterocycles. The summed E-state index contributed by atoms with van der Waals surface area (Å²) in [6.45, 7) is 2.71. The second kappa shape index (κ2) is 13.2. The van der Waals surface area contributed by atoms with Crippen LogP contribution in [0.4, 0.5) is 18.9 Å². The van der Waals surface area contributed by atoms with Crippen molar-refractivity contribution in [3.63, 3.8) is 0 Å². The molecule has 0 aliphatic heterocycles. The SMILES string of the molecule is CCNC(=O)[C@H](CC)N(Cc1ccccc1Cl)C(=O)CN(c1cccc(C(F)(F)F)c1)S(=O)(=O)c1ccccc1. The fourth-order valence-corrected chi connectivity index (χ4v) is 5.73. The number of alkyl halides is 3. The number of sulfonamides is 1. The molecule has 40 heavy (non-hydrogen) atoms. The van der Waals surface area contributed by atoms with Crippen LogP contribution in [0.5, 0.6) is 0 Å². The van der Waals surface area contributed by atoms with Gasteiger partial charge in [-0.1, -0.05) is 61.0 Å². The van der Waals surface area contributed by atoms with Gasteiger partial charge >= 0.3 is 6.18 Å². The molecule has 0 aliphatic rings. The molecule has 0 saturated heterocycles. The van der Waals surface area contributed by atoms with Gasteiger partial charge in [0.15, 0.2) is 0 Å². The molecule has 1 atom stereocenters. The first-order chi connectivity index (χ1) is 18.9. The van der Waals surface area contributed by atoms with Crippen LogP contribution in [0.2, 0.25) is 5.02 Å². The van der Waals surface area contributed by atoms with E-state index in [1.807, 2.05) is 0 Å². The molecule has 0 unspecified atom stereocenters. The zero-order valence-electron chi connectivity index (χ0n) is 21.9. The Labute approximate surface area is 236 Å². The summed E-state index contributed by atoms with van der Waals surface area (Å²) in [5.74, 6) is -1.25. The van der Waals surface area contributed by atoms with E-state index in [9.17, 15) is 31.2 Å². The zero-order chi connectivity index (χ0) is 29.5. The number of halogens is 4. The Kier molecular flexibility index (Phi) is 10.2. The van der Waals surface area contributed by atoms with E-state index in [4.69, 9.17) is 11.6 Å². The van der Waals surface area contributed by atoms with Gasteiger partial charge in [0.05, 0.1) is 16.1 Å². The third-order valence-corrected chi connectivity index (χ3v) is 8.26. The quantitative estimate of drug-likeness (QED) is 0.317. The number of carbonyl (C=O) groups excluding carboxylic acids is 2. The lowest BCUT2D eigenvalue weighted by molar-refractivity contribution is -0.140. The number of hydrogen-bond acceptors (Lipinski definition) is 4. The first-order valence-electron chi connectivity index (χ1n) is 12.5. The molecule has 7 nitrogen and oxygen atoms in total. The summed E-state index contributed by atoms with van der Waals surface area (Å²) in [6.07, 6.45) is -4.55. The van der Waals surface area contributed by atoms with Gasteiger partial charge in [0.2, 0.25) is 11.8 Å². The van der Waals surface area contributed by atoms with Crippen LogP contribution < -0.4 is 9.62 Å². The highest BCUT2D eigenvalue weighted by Gasteiger charge is 2.36. The average Bonchev–Trinajstić information content (AvgIpc) is 2.92. The summed E-state index contributed by atoms with van der Waals surface area (Å²) >= 11 is 6.32. The smallest absolute Gasteiger partial charge is 0.355 e. The molecular weight excluding hydrogens is 567 g/mol. The molecule has 0 aliphatic carbocycles. The van der Waals surface area contributed by atoms with Crippen LogP contribution in [0.1, 0.15) is 31.4 Å². The Morgan fingerprint density at radius 2 is 1.60 bits per heavy atom. The van der Waals surface area contributed by atoms with Crippen LogP contribution in [0.15, 0.2) is 83.8 Å². The summed E-state index contributed by atoms with van der Waals surface area (Å²) in [6, 6.07) is 16.5. The number of anilines is 1. The molecule has 2 amide bonds. The average molecular weight is 596 g/mol. The Hall–Kier alpha value is -3.57. The maximum atomic E-state index is 13.9. The minimum Gasteiger partial charge on any atom is -0.355 e. The van der Waals surface area contributed by atoms with Crippen molar-refractivity contribution in [2.75, 3.05) is 17.4 Å². The normalized spacial score (nSPS) is 12.4. The van der Waals surface area contributed by atoms with Crippen molar-refractivity contribution in [2.45, 2.75) is 43.9 Å². The van der Waals surface area contributed by atoms with Crippen LogP contribution in [0.3, 0.4) is 0 Å². The summed E-state index contributed by atoms with van der Waals surface area (Å²) in [5, 5.41) is 3.01. The van der Waals surface area contributed by atoms with E-state index in [0.29, 0.717) is 27.5 Å². The molecule has 0 saturated carbocycles. The molecule has 3 aromatic carbocycles. The Balaban J connectivity index is 2.12. The monoisotopic (exact) mass is 595 g/mol. The number of nitrogens with zero attached hydrogens (tertiary/aromatic N) is 2. The number of likely N-dealkylation sites (N-methyl/N-ethyl adjacent to an activating group) is 1. The minimum absolute atomic E-state index is 0.129. The van der Waals surface area contributed by atoms with E-state index in [0.717, 1.165) is 12.1 Å². The van der Waals surface area contributed by atoms with Gasteiger partial charge in [0.25, 0.3) is 10.0 Å². The maximum absolute atomic E-state index is 13.9. The highest BCUT2D eigenvalue weighted by Crippen LogP contribution is 2.33. The predicted molar refractivity (Wildman–Crippen MR) is 147 cm³/mol. The molecular formula is C28H29ClF3N3O4S. The van der Waals surface area contributed by atoms with E-state index < -0.39 is 46.2 Å². The van der Waals surface area contributed by atoms with Crippen molar-refractivity contribution in [2.24, 2.45) is 0 Å². The van der Waals surface area contributed by atoms with Gasteiger partial charge in [0.1, 0.15) is 12.6 Å². The van der Waals surface area contributed by atoms with Crippen LogP contribution in [-0.4, -0.2) is 44.3 Å². The second-order valence-corrected chi connectivity index (χ2v) is 11.1. The van der Waals surface area contributed by atoms with E-state index in [-0.39, 0.29) is 23.5 Å². The van der Waals surface area contributed by atoms with Crippen molar-refractivity contribution in [3.05, 3.63) is 95.0 Å². The van der Waals surface area contributed by atoms with E-state index in [1.165, 1.54) is 35.2 Å². The third-order valence-electron chi connectivity index (χ3n) is 6.11. The Morgan fingerprint density at radius 3 is 2.20 bits per heavy atom. The number of carbonyl (C=O) groups is 2. The summed E-state index contributed by atoms with van der Waals surface area (Å²) in [5.41, 5.74) is -0.917. The molecule has 0 bridgehead atoms. The zero-order valence-corrected chi connectivity index (χ0v) is 23.4. The van der Waals surface area contributed by atoms with Crippen LogP contribution in [0.25, 0.3) is 0 Å². The molecule has 0 fully saturated rings. The second-order valence-electron chi connectivity index (χ2n) is 8.80. The van der Waals surface area contributed by atoms with E-state index >= 15 is 0 Å². The van der Waals surface area contributed by atoms with Crippen LogP contribution in [0, 0.1) is 0 Å².